The number of rotatable bonds is 7. The van der Waals surface area contributed by atoms with Crippen molar-refractivity contribution in [2.45, 2.75) is 25.3 Å². The van der Waals surface area contributed by atoms with Crippen LogP contribution in [0.15, 0.2) is 42.0 Å². The molecule has 1 aromatic rings. The molecule has 5 nitrogen and oxygen atoms in total. The number of allylic oxidation sites excluding steroid dienone is 1. The quantitative estimate of drug-likeness (QED) is 0.646. The van der Waals surface area contributed by atoms with Crippen molar-refractivity contribution in [2.24, 2.45) is 5.73 Å². The van der Waals surface area contributed by atoms with Crippen LogP contribution >= 0.6 is 0 Å². The lowest BCUT2D eigenvalue weighted by Crippen LogP contribution is -2.31. The highest BCUT2D eigenvalue weighted by atomic mass is 16.4. The molecule has 0 aliphatic heterocycles. The standard InChI is InChI=1S/C14H17NO4/c15-12(14(18)19)9-11(13(16)17)8-4-7-10-5-2-1-3-6-10/h1-3,5-6,8,12H,4,7,9,15H2,(H,16,17)(H,18,19)/t12-/m0/s1. The maximum absolute atomic E-state index is 11.0. The van der Waals surface area contributed by atoms with E-state index >= 15 is 0 Å². The zero-order chi connectivity index (χ0) is 14.3. The lowest BCUT2D eigenvalue weighted by atomic mass is 10.0. The average Bonchev–Trinajstić information content (AvgIpc) is 2.38. The molecule has 0 heterocycles. The van der Waals surface area contributed by atoms with E-state index in [1.54, 1.807) is 0 Å². The van der Waals surface area contributed by atoms with Crippen LogP contribution in [0.3, 0.4) is 0 Å². The molecule has 0 aliphatic carbocycles. The van der Waals surface area contributed by atoms with E-state index in [2.05, 4.69) is 0 Å². The molecule has 0 saturated carbocycles. The third kappa shape index (κ3) is 5.35. The van der Waals surface area contributed by atoms with Gasteiger partial charge in [0.05, 0.1) is 0 Å². The van der Waals surface area contributed by atoms with Crippen LogP contribution in [-0.2, 0) is 16.0 Å². The Balaban J connectivity index is 2.59. The van der Waals surface area contributed by atoms with Gasteiger partial charge in [0.1, 0.15) is 6.04 Å². The van der Waals surface area contributed by atoms with Gasteiger partial charge in [-0.2, -0.15) is 0 Å². The molecule has 0 radical (unpaired) electrons. The van der Waals surface area contributed by atoms with Crippen molar-refractivity contribution in [3.05, 3.63) is 47.5 Å². The third-order valence-electron chi connectivity index (χ3n) is 2.70. The Morgan fingerprint density at radius 1 is 1.21 bits per heavy atom. The molecule has 5 heteroatoms. The summed E-state index contributed by atoms with van der Waals surface area (Å²) in [4.78, 5) is 21.6. The fourth-order valence-electron chi connectivity index (χ4n) is 1.64. The van der Waals surface area contributed by atoms with Crippen LogP contribution in [0.25, 0.3) is 0 Å². The molecule has 1 aromatic carbocycles. The van der Waals surface area contributed by atoms with Gasteiger partial charge in [0.25, 0.3) is 0 Å². The van der Waals surface area contributed by atoms with E-state index in [-0.39, 0.29) is 12.0 Å². The van der Waals surface area contributed by atoms with Crippen LogP contribution < -0.4 is 5.73 Å². The number of hydrogen-bond acceptors (Lipinski definition) is 3. The van der Waals surface area contributed by atoms with Gasteiger partial charge in [-0.3, -0.25) is 4.79 Å². The van der Waals surface area contributed by atoms with Crippen LogP contribution in [0, 0.1) is 0 Å². The number of carboxylic acids is 2. The van der Waals surface area contributed by atoms with Gasteiger partial charge < -0.3 is 15.9 Å². The van der Waals surface area contributed by atoms with Crippen molar-refractivity contribution in [3.8, 4) is 0 Å². The zero-order valence-corrected chi connectivity index (χ0v) is 10.5. The molecule has 1 rings (SSSR count). The first-order chi connectivity index (χ1) is 9.00. The molecule has 0 saturated heterocycles. The minimum atomic E-state index is -1.20. The molecule has 19 heavy (non-hydrogen) atoms. The largest absolute Gasteiger partial charge is 0.480 e. The number of hydrogen-bond donors (Lipinski definition) is 3. The smallest absolute Gasteiger partial charge is 0.331 e. The first-order valence-corrected chi connectivity index (χ1v) is 5.95. The number of carbonyl (C=O) groups is 2. The molecule has 1 atom stereocenters. The van der Waals surface area contributed by atoms with Gasteiger partial charge in [0.2, 0.25) is 0 Å². The Morgan fingerprint density at radius 2 is 1.84 bits per heavy atom. The summed E-state index contributed by atoms with van der Waals surface area (Å²) in [6.07, 6.45) is 2.62. The Kier molecular flexibility index (Phi) is 5.75. The maximum Gasteiger partial charge on any atom is 0.331 e. The summed E-state index contributed by atoms with van der Waals surface area (Å²) in [6.45, 7) is 0. The second-order valence-electron chi connectivity index (χ2n) is 4.21. The van der Waals surface area contributed by atoms with Gasteiger partial charge >= 0.3 is 11.9 Å². The van der Waals surface area contributed by atoms with Crippen LogP contribution in [0.1, 0.15) is 18.4 Å². The number of carboxylic acid groups (broad SMARTS) is 2. The molecule has 4 N–H and O–H groups in total. The molecule has 0 aromatic heterocycles. The summed E-state index contributed by atoms with van der Waals surface area (Å²) in [6, 6.07) is 8.47. The minimum Gasteiger partial charge on any atom is -0.480 e. The molecule has 0 spiro atoms. The van der Waals surface area contributed by atoms with Gasteiger partial charge in [0, 0.05) is 12.0 Å². The van der Waals surface area contributed by atoms with Crippen molar-refractivity contribution in [1.82, 2.24) is 0 Å². The summed E-state index contributed by atoms with van der Waals surface area (Å²) in [5.41, 5.74) is 6.48. The summed E-state index contributed by atoms with van der Waals surface area (Å²) >= 11 is 0. The monoisotopic (exact) mass is 263 g/mol. The summed E-state index contributed by atoms with van der Waals surface area (Å²) in [5, 5.41) is 17.7. The fraction of sp³-hybridized carbons (Fsp3) is 0.286. The first-order valence-electron chi connectivity index (χ1n) is 5.95. The average molecular weight is 263 g/mol. The van der Waals surface area contributed by atoms with Gasteiger partial charge in [-0.05, 0) is 18.4 Å². The molecule has 0 fully saturated rings. The highest BCUT2D eigenvalue weighted by Gasteiger charge is 2.17. The molecule has 0 bridgehead atoms. The van der Waals surface area contributed by atoms with E-state index in [4.69, 9.17) is 15.9 Å². The molecule has 0 aliphatic rings. The summed E-state index contributed by atoms with van der Waals surface area (Å²) in [7, 11) is 0. The van der Waals surface area contributed by atoms with E-state index < -0.39 is 18.0 Å². The molecular formula is C14H17NO4. The number of aliphatic carboxylic acids is 2. The van der Waals surface area contributed by atoms with E-state index in [1.165, 1.54) is 6.08 Å². The Morgan fingerprint density at radius 3 is 2.37 bits per heavy atom. The molecular weight excluding hydrogens is 246 g/mol. The number of benzene rings is 1. The molecule has 102 valence electrons. The third-order valence-corrected chi connectivity index (χ3v) is 2.70. The SMILES string of the molecule is N[C@@H](CC(=CCCc1ccccc1)C(=O)O)C(=O)O. The van der Waals surface area contributed by atoms with Gasteiger partial charge in [-0.1, -0.05) is 36.4 Å². The van der Waals surface area contributed by atoms with E-state index in [0.717, 1.165) is 5.56 Å². The van der Waals surface area contributed by atoms with Crippen molar-refractivity contribution >= 4 is 11.9 Å². The fourth-order valence-corrected chi connectivity index (χ4v) is 1.64. The normalized spacial score (nSPS) is 13.0. The first kappa shape index (κ1) is 14.9. The van der Waals surface area contributed by atoms with E-state index in [9.17, 15) is 9.59 Å². The zero-order valence-electron chi connectivity index (χ0n) is 10.5. The van der Waals surface area contributed by atoms with Gasteiger partial charge in [-0.15, -0.1) is 0 Å². The number of aryl methyl sites for hydroxylation is 1. The van der Waals surface area contributed by atoms with Crippen LogP contribution in [0.4, 0.5) is 0 Å². The summed E-state index contributed by atoms with van der Waals surface area (Å²) in [5.74, 6) is -2.32. The second kappa shape index (κ2) is 7.33. The van der Waals surface area contributed by atoms with Gasteiger partial charge in [0.15, 0.2) is 0 Å². The van der Waals surface area contributed by atoms with Crippen molar-refractivity contribution in [3.63, 3.8) is 0 Å². The lowest BCUT2D eigenvalue weighted by Gasteiger charge is -2.07. The highest BCUT2D eigenvalue weighted by Crippen LogP contribution is 2.09. The minimum absolute atomic E-state index is 0.0471. The number of nitrogens with two attached hydrogens (primary N) is 1. The Bertz CT molecular complexity index is 468. The Hall–Kier alpha value is -2.14. The maximum atomic E-state index is 11.0. The van der Waals surface area contributed by atoms with Crippen LogP contribution in [0.5, 0.6) is 0 Å². The van der Waals surface area contributed by atoms with E-state index in [0.29, 0.717) is 12.8 Å². The van der Waals surface area contributed by atoms with Crippen LogP contribution in [-0.4, -0.2) is 28.2 Å². The predicted octanol–water partition coefficient (Wildman–Crippen LogP) is 1.43. The topological polar surface area (TPSA) is 101 Å². The van der Waals surface area contributed by atoms with Gasteiger partial charge in [-0.25, -0.2) is 4.79 Å². The van der Waals surface area contributed by atoms with Crippen molar-refractivity contribution in [1.29, 1.82) is 0 Å². The van der Waals surface area contributed by atoms with E-state index in [1.807, 2.05) is 30.3 Å². The van der Waals surface area contributed by atoms with Crippen LogP contribution in [0.2, 0.25) is 0 Å². The second-order valence-corrected chi connectivity index (χ2v) is 4.21. The van der Waals surface area contributed by atoms with Crippen molar-refractivity contribution < 1.29 is 19.8 Å². The molecule has 0 amide bonds. The molecule has 0 unspecified atom stereocenters. The van der Waals surface area contributed by atoms with Crippen molar-refractivity contribution in [2.75, 3.05) is 0 Å². The predicted molar refractivity (Wildman–Crippen MR) is 70.7 cm³/mol. The highest BCUT2D eigenvalue weighted by molar-refractivity contribution is 5.88. The summed E-state index contributed by atoms with van der Waals surface area (Å²) < 4.78 is 0. The Labute approximate surface area is 111 Å². The lowest BCUT2D eigenvalue weighted by molar-refractivity contribution is -0.138.